The van der Waals surface area contributed by atoms with Crippen LogP contribution in [0.15, 0.2) is 54.6 Å². The van der Waals surface area contributed by atoms with Gasteiger partial charge in [-0.1, -0.05) is 30.3 Å². The zero-order valence-corrected chi connectivity index (χ0v) is 11.3. The highest BCUT2D eigenvalue weighted by Crippen LogP contribution is 2.48. The van der Waals surface area contributed by atoms with Gasteiger partial charge in [0.25, 0.3) is 0 Å². The van der Waals surface area contributed by atoms with Crippen LogP contribution >= 0.6 is 0 Å². The molecule has 0 radical (unpaired) electrons. The standard InChI is InChI=1S/C17H16O3/c1-19-13-9-7-12(8-10-13)15-11-16(15)17(18)20-14-5-3-2-4-6-14/h2-10,15-16H,11H2,1H3/t15-,16+/m0/s1. The number of rotatable bonds is 4. The number of methoxy groups -OCH3 is 1. The average Bonchev–Trinajstić information content (AvgIpc) is 3.29. The van der Waals surface area contributed by atoms with Crippen molar-refractivity contribution in [3.8, 4) is 11.5 Å². The summed E-state index contributed by atoms with van der Waals surface area (Å²) in [6, 6.07) is 17.1. The van der Waals surface area contributed by atoms with Crippen LogP contribution in [0.25, 0.3) is 0 Å². The smallest absolute Gasteiger partial charge is 0.314 e. The van der Waals surface area contributed by atoms with Crippen molar-refractivity contribution in [1.82, 2.24) is 0 Å². The zero-order chi connectivity index (χ0) is 13.9. The summed E-state index contributed by atoms with van der Waals surface area (Å²) >= 11 is 0. The van der Waals surface area contributed by atoms with Gasteiger partial charge in [0.2, 0.25) is 0 Å². The molecule has 2 atom stereocenters. The van der Waals surface area contributed by atoms with Gasteiger partial charge < -0.3 is 9.47 Å². The monoisotopic (exact) mass is 268 g/mol. The van der Waals surface area contributed by atoms with Crippen LogP contribution in [0, 0.1) is 5.92 Å². The second-order valence-electron chi connectivity index (χ2n) is 4.96. The average molecular weight is 268 g/mol. The summed E-state index contributed by atoms with van der Waals surface area (Å²) in [5.74, 6) is 1.55. The lowest BCUT2D eigenvalue weighted by Crippen LogP contribution is -2.11. The third kappa shape index (κ3) is 2.67. The van der Waals surface area contributed by atoms with Crippen LogP contribution in [0.1, 0.15) is 17.9 Å². The second kappa shape index (κ2) is 5.37. The Bertz CT molecular complexity index is 589. The van der Waals surface area contributed by atoms with Gasteiger partial charge in [0.15, 0.2) is 0 Å². The largest absolute Gasteiger partial charge is 0.497 e. The molecule has 3 nitrogen and oxygen atoms in total. The summed E-state index contributed by atoms with van der Waals surface area (Å²) in [7, 11) is 1.65. The van der Waals surface area contributed by atoms with Crippen molar-refractivity contribution in [3.05, 3.63) is 60.2 Å². The van der Waals surface area contributed by atoms with Crippen LogP contribution in [0.4, 0.5) is 0 Å². The van der Waals surface area contributed by atoms with Crippen molar-refractivity contribution < 1.29 is 14.3 Å². The van der Waals surface area contributed by atoms with E-state index in [4.69, 9.17) is 9.47 Å². The van der Waals surface area contributed by atoms with Crippen LogP contribution in [-0.4, -0.2) is 13.1 Å². The lowest BCUT2D eigenvalue weighted by molar-refractivity contribution is -0.135. The fourth-order valence-corrected chi connectivity index (χ4v) is 2.36. The molecule has 3 rings (SSSR count). The molecule has 1 aliphatic rings. The van der Waals surface area contributed by atoms with E-state index in [0.717, 1.165) is 12.2 Å². The third-order valence-corrected chi connectivity index (χ3v) is 3.60. The van der Waals surface area contributed by atoms with E-state index in [-0.39, 0.29) is 17.8 Å². The highest BCUT2D eigenvalue weighted by Gasteiger charge is 2.45. The summed E-state index contributed by atoms with van der Waals surface area (Å²) in [4.78, 5) is 12.0. The number of esters is 1. The Hall–Kier alpha value is -2.29. The van der Waals surface area contributed by atoms with E-state index in [1.165, 1.54) is 5.56 Å². The number of ether oxygens (including phenoxy) is 2. The molecule has 20 heavy (non-hydrogen) atoms. The summed E-state index contributed by atoms with van der Waals surface area (Å²) < 4.78 is 10.5. The summed E-state index contributed by atoms with van der Waals surface area (Å²) in [6.07, 6.45) is 0.859. The Morgan fingerprint density at radius 2 is 1.70 bits per heavy atom. The van der Waals surface area contributed by atoms with E-state index >= 15 is 0 Å². The van der Waals surface area contributed by atoms with Crippen molar-refractivity contribution in [2.24, 2.45) is 5.92 Å². The quantitative estimate of drug-likeness (QED) is 0.629. The maximum atomic E-state index is 12.0. The SMILES string of the molecule is COc1ccc([C@@H]2C[C@H]2C(=O)Oc2ccccc2)cc1. The van der Waals surface area contributed by atoms with E-state index in [0.29, 0.717) is 5.75 Å². The molecule has 0 unspecified atom stereocenters. The van der Waals surface area contributed by atoms with E-state index < -0.39 is 0 Å². The highest BCUT2D eigenvalue weighted by atomic mass is 16.5. The van der Waals surface area contributed by atoms with Crippen molar-refractivity contribution in [1.29, 1.82) is 0 Å². The van der Waals surface area contributed by atoms with Gasteiger partial charge in [-0.25, -0.2) is 0 Å². The lowest BCUT2D eigenvalue weighted by Gasteiger charge is -2.04. The molecule has 0 bridgehead atoms. The summed E-state index contributed by atoms with van der Waals surface area (Å²) in [5.41, 5.74) is 1.17. The van der Waals surface area contributed by atoms with Gasteiger partial charge in [0.05, 0.1) is 13.0 Å². The number of para-hydroxylation sites is 1. The maximum Gasteiger partial charge on any atom is 0.314 e. The fraction of sp³-hybridized carbons (Fsp3) is 0.235. The highest BCUT2D eigenvalue weighted by molar-refractivity contribution is 5.79. The molecule has 0 aromatic heterocycles. The summed E-state index contributed by atoms with van der Waals surface area (Å²) in [5, 5.41) is 0. The summed E-state index contributed by atoms with van der Waals surface area (Å²) in [6.45, 7) is 0. The number of hydrogen-bond acceptors (Lipinski definition) is 3. The number of hydrogen-bond donors (Lipinski definition) is 0. The molecule has 102 valence electrons. The van der Waals surface area contributed by atoms with Crippen LogP contribution in [-0.2, 0) is 4.79 Å². The van der Waals surface area contributed by atoms with Crippen molar-refractivity contribution in [2.75, 3.05) is 7.11 Å². The first-order valence-electron chi connectivity index (χ1n) is 6.68. The molecule has 2 aromatic rings. The van der Waals surface area contributed by atoms with Gasteiger partial charge in [-0.15, -0.1) is 0 Å². The third-order valence-electron chi connectivity index (χ3n) is 3.60. The number of carbonyl (C=O) groups excluding carboxylic acids is 1. The molecule has 1 aliphatic carbocycles. The van der Waals surface area contributed by atoms with Crippen LogP contribution in [0.2, 0.25) is 0 Å². The maximum absolute atomic E-state index is 12.0. The van der Waals surface area contributed by atoms with Crippen molar-refractivity contribution in [3.63, 3.8) is 0 Å². The van der Waals surface area contributed by atoms with Gasteiger partial charge >= 0.3 is 5.97 Å². The first-order chi connectivity index (χ1) is 9.78. The van der Waals surface area contributed by atoms with E-state index in [9.17, 15) is 4.79 Å². The molecule has 1 saturated carbocycles. The molecule has 0 heterocycles. The van der Waals surface area contributed by atoms with E-state index in [2.05, 4.69) is 0 Å². The predicted molar refractivity (Wildman–Crippen MR) is 75.9 cm³/mol. The van der Waals surface area contributed by atoms with Gasteiger partial charge in [0.1, 0.15) is 11.5 Å². The molecule has 1 fully saturated rings. The zero-order valence-electron chi connectivity index (χ0n) is 11.3. The second-order valence-corrected chi connectivity index (χ2v) is 4.96. The minimum absolute atomic E-state index is 0.0244. The first kappa shape index (κ1) is 12.7. The Kier molecular flexibility index (Phi) is 3.42. The van der Waals surface area contributed by atoms with E-state index in [1.807, 2.05) is 42.5 Å². The Balaban J connectivity index is 1.62. The normalized spacial score (nSPS) is 20.2. The molecule has 0 aliphatic heterocycles. The van der Waals surface area contributed by atoms with Gasteiger partial charge in [-0.3, -0.25) is 4.79 Å². The minimum atomic E-state index is -0.142. The molecule has 0 N–H and O–H groups in total. The Morgan fingerprint density at radius 3 is 2.35 bits per heavy atom. The molecular weight excluding hydrogens is 252 g/mol. The predicted octanol–water partition coefficient (Wildman–Crippen LogP) is 3.40. The topological polar surface area (TPSA) is 35.5 Å². The Labute approximate surface area is 118 Å². The van der Waals surface area contributed by atoms with Crippen LogP contribution in [0.3, 0.4) is 0 Å². The molecule has 0 amide bonds. The van der Waals surface area contributed by atoms with Gasteiger partial charge in [0, 0.05) is 0 Å². The minimum Gasteiger partial charge on any atom is -0.497 e. The molecule has 0 saturated heterocycles. The molecule has 3 heteroatoms. The number of benzene rings is 2. The lowest BCUT2D eigenvalue weighted by atomic mass is 10.1. The fourth-order valence-electron chi connectivity index (χ4n) is 2.36. The number of carbonyl (C=O) groups is 1. The van der Waals surface area contributed by atoms with E-state index in [1.54, 1.807) is 19.2 Å². The molecule has 0 spiro atoms. The van der Waals surface area contributed by atoms with Crippen molar-refractivity contribution in [2.45, 2.75) is 12.3 Å². The first-order valence-corrected chi connectivity index (χ1v) is 6.68. The van der Waals surface area contributed by atoms with Crippen LogP contribution in [0.5, 0.6) is 11.5 Å². The molecular formula is C17H16O3. The van der Waals surface area contributed by atoms with Gasteiger partial charge in [-0.05, 0) is 42.2 Å². The molecule has 2 aromatic carbocycles. The Morgan fingerprint density at radius 1 is 1.00 bits per heavy atom. The van der Waals surface area contributed by atoms with Crippen LogP contribution < -0.4 is 9.47 Å². The van der Waals surface area contributed by atoms with Gasteiger partial charge in [-0.2, -0.15) is 0 Å². The van der Waals surface area contributed by atoms with Crippen molar-refractivity contribution >= 4 is 5.97 Å².